The maximum atomic E-state index is 11.8. The molecule has 1 atom stereocenters. The summed E-state index contributed by atoms with van der Waals surface area (Å²) >= 11 is 0. The smallest absolute Gasteiger partial charge is 0.407 e. The average molecular weight is 336 g/mol. The molecule has 1 unspecified atom stereocenters. The molecule has 5 nitrogen and oxygen atoms in total. The van der Waals surface area contributed by atoms with Crippen LogP contribution in [0.25, 0.3) is 0 Å². The SMILES string of the molecule is CCCCC(CNC(=O)OC(C)(C)C)NCc1ccc(OC)cc1. The highest BCUT2D eigenvalue weighted by atomic mass is 16.6. The summed E-state index contributed by atoms with van der Waals surface area (Å²) in [5, 5.41) is 6.37. The lowest BCUT2D eigenvalue weighted by Gasteiger charge is -2.23. The second-order valence-corrected chi connectivity index (χ2v) is 6.95. The van der Waals surface area contributed by atoms with E-state index in [1.807, 2.05) is 45.0 Å². The van der Waals surface area contributed by atoms with Crippen molar-refractivity contribution in [3.8, 4) is 5.75 Å². The average Bonchev–Trinajstić information content (AvgIpc) is 2.53. The molecule has 1 aromatic rings. The van der Waals surface area contributed by atoms with E-state index < -0.39 is 5.60 Å². The van der Waals surface area contributed by atoms with Crippen molar-refractivity contribution in [2.24, 2.45) is 0 Å². The van der Waals surface area contributed by atoms with Gasteiger partial charge in [-0.25, -0.2) is 4.79 Å². The van der Waals surface area contributed by atoms with Crippen molar-refractivity contribution in [2.45, 2.75) is 65.1 Å². The molecule has 2 N–H and O–H groups in total. The summed E-state index contributed by atoms with van der Waals surface area (Å²) in [5.41, 5.74) is 0.717. The quantitative estimate of drug-likeness (QED) is 0.719. The van der Waals surface area contributed by atoms with E-state index >= 15 is 0 Å². The Morgan fingerprint density at radius 1 is 1.21 bits per heavy atom. The number of hydrogen-bond donors (Lipinski definition) is 2. The molecule has 0 bridgehead atoms. The van der Waals surface area contributed by atoms with Gasteiger partial charge in [0.2, 0.25) is 0 Å². The number of nitrogens with one attached hydrogen (secondary N) is 2. The Morgan fingerprint density at radius 2 is 1.88 bits per heavy atom. The minimum atomic E-state index is -0.473. The number of carbonyl (C=O) groups is 1. The van der Waals surface area contributed by atoms with E-state index in [1.165, 1.54) is 5.56 Å². The summed E-state index contributed by atoms with van der Waals surface area (Å²) in [6, 6.07) is 8.22. The zero-order chi connectivity index (χ0) is 18.0. The van der Waals surface area contributed by atoms with Crippen molar-refractivity contribution in [1.82, 2.24) is 10.6 Å². The molecule has 1 amide bonds. The molecule has 0 aliphatic heterocycles. The first-order chi connectivity index (χ1) is 11.3. The van der Waals surface area contributed by atoms with Crippen LogP contribution in [0, 0.1) is 0 Å². The lowest BCUT2D eigenvalue weighted by molar-refractivity contribution is 0.0521. The Bertz CT molecular complexity index is 480. The molecular formula is C19H32N2O3. The molecule has 136 valence electrons. The van der Waals surface area contributed by atoms with Crippen LogP contribution in [-0.2, 0) is 11.3 Å². The minimum Gasteiger partial charge on any atom is -0.497 e. The van der Waals surface area contributed by atoms with Gasteiger partial charge < -0.3 is 20.1 Å². The van der Waals surface area contributed by atoms with Gasteiger partial charge in [-0.05, 0) is 44.9 Å². The fraction of sp³-hybridized carbons (Fsp3) is 0.632. The van der Waals surface area contributed by atoms with Gasteiger partial charge in [0.1, 0.15) is 11.4 Å². The second-order valence-electron chi connectivity index (χ2n) is 6.95. The van der Waals surface area contributed by atoms with Crippen molar-refractivity contribution in [2.75, 3.05) is 13.7 Å². The Kier molecular flexibility index (Phi) is 8.61. The maximum Gasteiger partial charge on any atom is 0.407 e. The van der Waals surface area contributed by atoms with Gasteiger partial charge in [0, 0.05) is 19.1 Å². The molecule has 0 aliphatic rings. The molecule has 24 heavy (non-hydrogen) atoms. The van der Waals surface area contributed by atoms with Crippen LogP contribution in [0.5, 0.6) is 5.75 Å². The van der Waals surface area contributed by atoms with E-state index in [4.69, 9.17) is 9.47 Å². The summed E-state index contributed by atoms with van der Waals surface area (Å²) in [6.45, 7) is 9.08. The Balaban J connectivity index is 2.47. The zero-order valence-corrected chi connectivity index (χ0v) is 15.6. The van der Waals surface area contributed by atoms with Crippen molar-refractivity contribution in [3.05, 3.63) is 29.8 Å². The number of hydrogen-bond acceptors (Lipinski definition) is 4. The molecule has 0 heterocycles. The fourth-order valence-corrected chi connectivity index (χ4v) is 2.25. The summed E-state index contributed by atoms with van der Waals surface area (Å²) in [5.74, 6) is 0.855. The lowest BCUT2D eigenvalue weighted by Crippen LogP contribution is -2.42. The van der Waals surface area contributed by atoms with E-state index in [2.05, 4.69) is 17.6 Å². The molecule has 0 saturated heterocycles. The first-order valence-corrected chi connectivity index (χ1v) is 8.67. The fourth-order valence-electron chi connectivity index (χ4n) is 2.25. The van der Waals surface area contributed by atoms with Gasteiger partial charge in [0.15, 0.2) is 0 Å². The molecule has 0 saturated carbocycles. The van der Waals surface area contributed by atoms with Crippen molar-refractivity contribution < 1.29 is 14.3 Å². The first-order valence-electron chi connectivity index (χ1n) is 8.67. The van der Waals surface area contributed by atoms with Crippen LogP contribution in [-0.4, -0.2) is 31.4 Å². The number of rotatable bonds is 9. The molecule has 0 spiro atoms. The number of methoxy groups -OCH3 is 1. The Hall–Kier alpha value is -1.75. The summed E-state index contributed by atoms with van der Waals surface area (Å²) in [4.78, 5) is 11.8. The molecule has 0 aromatic heterocycles. The number of amides is 1. The van der Waals surface area contributed by atoms with Gasteiger partial charge in [0.25, 0.3) is 0 Å². The number of ether oxygens (including phenoxy) is 2. The zero-order valence-electron chi connectivity index (χ0n) is 15.6. The van der Waals surface area contributed by atoms with Crippen molar-refractivity contribution in [3.63, 3.8) is 0 Å². The highest BCUT2D eigenvalue weighted by Gasteiger charge is 2.17. The first kappa shape index (κ1) is 20.3. The largest absolute Gasteiger partial charge is 0.497 e. The molecular weight excluding hydrogens is 304 g/mol. The molecule has 0 radical (unpaired) electrons. The standard InChI is InChI=1S/C19H32N2O3/c1-6-7-8-16(14-21-18(22)24-19(2,3)4)20-13-15-9-11-17(23-5)12-10-15/h9-12,16,20H,6-8,13-14H2,1-5H3,(H,21,22). The summed E-state index contributed by atoms with van der Waals surface area (Å²) < 4.78 is 10.5. The number of carbonyl (C=O) groups excluding carboxylic acids is 1. The van der Waals surface area contributed by atoms with Crippen LogP contribution >= 0.6 is 0 Å². The highest BCUT2D eigenvalue weighted by molar-refractivity contribution is 5.67. The van der Waals surface area contributed by atoms with E-state index in [1.54, 1.807) is 7.11 Å². The number of benzene rings is 1. The van der Waals surface area contributed by atoms with Gasteiger partial charge in [-0.15, -0.1) is 0 Å². The predicted octanol–water partition coefficient (Wildman–Crippen LogP) is 3.87. The van der Waals surface area contributed by atoms with Gasteiger partial charge in [-0.1, -0.05) is 31.9 Å². The van der Waals surface area contributed by atoms with Gasteiger partial charge in [-0.2, -0.15) is 0 Å². The monoisotopic (exact) mass is 336 g/mol. The van der Waals surface area contributed by atoms with Crippen LogP contribution in [0.15, 0.2) is 24.3 Å². The number of unbranched alkanes of at least 4 members (excludes halogenated alkanes) is 1. The van der Waals surface area contributed by atoms with Crippen LogP contribution in [0.4, 0.5) is 4.79 Å². The van der Waals surface area contributed by atoms with E-state index in [0.717, 1.165) is 31.6 Å². The van der Waals surface area contributed by atoms with Crippen LogP contribution in [0.1, 0.15) is 52.5 Å². The van der Waals surface area contributed by atoms with Crippen molar-refractivity contribution >= 4 is 6.09 Å². The van der Waals surface area contributed by atoms with Crippen LogP contribution in [0.2, 0.25) is 0 Å². The van der Waals surface area contributed by atoms with Gasteiger partial charge in [0.05, 0.1) is 7.11 Å². The Labute approximate surface area is 146 Å². The molecule has 5 heteroatoms. The second kappa shape index (κ2) is 10.2. The van der Waals surface area contributed by atoms with E-state index in [0.29, 0.717) is 6.54 Å². The summed E-state index contributed by atoms with van der Waals surface area (Å²) in [7, 11) is 1.66. The molecule has 1 rings (SSSR count). The van der Waals surface area contributed by atoms with Gasteiger partial charge >= 0.3 is 6.09 Å². The van der Waals surface area contributed by atoms with Crippen LogP contribution < -0.4 is 15.4 Å². The third kappa shape index (κ3) is 8.77. The lowest BCUT2D eigenvalue weighted by atomic mass is 10.1. The van der Waals surface area contributed by atoms with Gasteiger partial charge in [-0.3, -0.25) is 0 Å². The topological polar surface area (TPSA) is 59.6 Å². The maximum absolute atomic E-state index is 11.8. The van der Waals surface area contributed by atoms with E-state index in [9.17, 15) is 4.79 Å². The molecule has 0 aliphatic carbocycles. The van der Waals surface area contributed by atoms with E-state index in [-0.39, 0.29) is 12.1 Å². The van der Waals surface area contributed by atoms with Crippen LogP contribution in [0.3, 0.4) is 0 Å². The Morgan fingerprint density at radius 3 is 2.42 bits per heavy atom. The third-order valence-electron chi connectivity index (χ3n) is 3.55. The third-order valence-corrected chi connectivity index (χ3v) is 3.55. The molecule has 1 aromatic carbocycles. The normalized spacial score (nSPS) is 12.5. The molecule has 0 fully saturated rings. The predicted molar refractivity (Wildman–Crippen MR) is 97.4 cm³/mol. The number of alkyl carbamates (subject to hydrolysis) is 1. The minimum absolute atomic E-state index is 0.222. The van der Waals surface area contributed by atoms with Crippen molar-refractivity contribution in [1.29, 1.82) is 0 Å². The summed E-state index contributed by atoms with van der Waals surface area (Å²) in [6.07, 6.45) is 2.90. The highest BCUT2D eigenvalue weighted by Crippen LogP contribution is 2.12.